The summed E-state index contributed by atoms with van der Waals surface area (Å²) in [7, 11) is 0. The van der Waals surface area contributed by atoms with Gasteiger partial charge in [0.15, 0.2) is 0 Å². The molecule has 1 amide bonds. The van der Waals surface area contributed by atoms with Crippen LogP contribution in [-0.2, 0) is 4.79 Å². The lowest BCUT2D eigenvalue weighted by molar-refractivity contribution is -0.126. The molecule has 0 atom stereocenters. The van der Waals surface area contributed by atoms with Crippen LogP contribution < -0.4 is 5.32 Å². The van der Waals surface area contributed by atoms with Crippen LogP contribution in [0.15, 0.2) is 48.2 Å². The minimum atomic E-state index is -0.302. The molecule has 1 aliphatic heterocycles. The summed E-state index contributed by atoms with van der Waals surface area (Å²) in [5.41, 5.74) is 2.24. The zero-order chi connectivity index (χ0) is 18.1. The molecule has 1 heterocycles. The Kier molecular flexibility index (Phi) is 8.50. The molecule has 0 spiro atoms. The van der Waals surface area contributed by atoms with Crippen LogP contribution in [0.4, 0.5) is 0 Å². The molecule has 0 aromatic rings. The highest BCUT2D eigenvalue weighted by Crippen LogP contribution is 2.14. The van der Waals surface area contributed by atoms with Crippen LogP contribution in [0.1, 0.15) is 20.8 Å². The maximum absolute atomic E-state index is 12.0. The lowest BCUT2D eigenvalue weighted by atomic mass is 10.2. The van der Waals surface area contributed by atoms with E-state index in [0.717, 1.165) is 30.9 Å². The van der Waals surface area contributed by atoms with Gasteiger partial charge in [0.25, 0.3) is 5.91 Å². The van der Waals surface area contributed by atoms with Crippen molar-refractivity contribution in [3.05, 3.63) is 48.2 Å². The van der Waals surface area contributed by atoms with Crippen LogP contribution in [0.25, 0.3) is 0 Å². The summed E-state index contributed by atoms with van der Waals surface area (Å²) < 4.78 is 0. The number of likely N-dealkylation sites (N-methyl/N-ethyl adjacent to an activating group) is 1. The van der Waals surface area contributed by atoms with Crippen LogP contribution in [0, 0.1) is 0 Å². The average Bonchev–Trinajstić information content (AvgIpc) is 3.04. The number of carbonyl (C=O) groups is 1. The molecule has 0 aromatic carbocycles. The maximum Gasteiger partial charge on any atom is 0.252 e. The Balaban J connectivity index is 2.53. The smallest absolute Gasteiger partial charge is 0.252 e. The molecule has 0 saturated heterocycles. The maximum atomic E-state index is 12.0. The molecule has 2 N–H and O–H groups in total. The Morgan fingerprint density at radius 1 is 1.54 bits per heavy atom. The average molecular weight is 333 g/mol. The number of aliphatic hydroxyl groups excluding tert-OH is 1. The summed E-state index contributed by atoms with van der Waals surface area (Å²) in [4.78, 5) is 16.1. The molecule has 0 radical (unpaired) electrons. The fourth-order valence-electron chi connectivity index (χ4n) is 2.63. The Labute approximate surface area is 146 Å². The number of allylic oxidation sites excluding steroid dienone is 1. The predicted octanol–water partition coefficient (Wildman–Crippen LogP) is 1.69. The number of amides is 1. The first-order chi connectivity index (χ1) is 11.4. The predicted molar refractivity (Wildman–Crippen MR) is 99.6 cm³/mol. The van der Waals surface area contributed by atoms with Crippen molar-refractivity contribution in [2.24, 2.45) is 0 Å². The van der Waals surface area contributed by atoms with Crippen LogP contribution in [0.2, 0.25) is 0 Å². The highest BCUT2D eigenvalue weighted by atomic mass is 16.3. The third kappa shape index (κ3) is 5.98. The second-order valence-corrected chi connectivity index (χ2v) is 6.18. The number of carbonyl (C=O) groups excluding carboxylic acids is 1. The molecular weight excluding hydrogens is 302 g/mol. The monoisotopic (exact) mass is 333 g/mol. The quantitative estimate of drug-likeness (QED) is 0.472. The lowest BCUT2D eigenvalue weighted by Crippen LogP contribution is -2.36. The number of nitrogens with zero attached hydrogens (tertiary/aromatic N) is 2. The first kappa shape index (κ1) is 20.2. The summed E-state index contributed by atoms with van der Waals surface area (Å²) in [6, 6.07) is 0.532. The van der Waals surface area contributed by atoms with Crippen molar-refractivity contribution in [2.45, 2.75) is 26.8 Å². The van der Waals surface area contributed by atoms with Gasteiger partial charge in [0.1, 0.15) is 0 Å². The van der Waals surface area contributed by atoms with Gasteiger partial charge < -0.3 is 15.3 Å². The summed E-state index contributed by atoms with van der Waals surface area (Å²) >= 11 is 0. The molecule has 1 aliphatic rings. The first-order valence-corrected chi connectivity index (χ1v) is 8.51. The molecule has 0 aromatic heterocycles. The molecule has 0 fully saturated rings. The standard InChI is InChI=1S/C19H31N3O2/c1-6-18(20-9-11-21(7-2)15(3)4)12-17-8-10-22(13-17)19(24)16(5)14-23/h6,8,12,15,20,23H,1,5,7,9-11,13-14H2,2-4H3/b18-12+. The molecule has 5 nitrogen and oxygen atoms in total. The number of hydrogen-bond acceptors (Lipinski definition) is 4. The summed E-state index contributed by atoms with van der Waals surface area (Å²) in [5, 5.41) is 12.4. The van der Waals surface area contributed by atoms with Crippen molar-refractivity contribution in [2.75, 3.05) is 39.3 Å². The normalized spacial score (nSPS) is 15.0. The topological polar surface area (TPSA) is 55.8 Å². The van der Waals surface area contributed by atoms with Crippen LogP contribution in [0.3, 0.4) is 0 Å². The van der Waals surface area contributed by atoms with E-state index in [1.165, 1.54) is 0 Å². The molecule has 0 aliphatic carbocycles. The van der Waals surface area contributed by atoms with E-state index in [2.05, 4.69) is 44.1 Å². The number of nitrogens with one attached hydrogen (secondary N) is 1. The number of hydrogen-bond donors (Lipinski definition) is 2. The van der Waals surface area contributed by atoms with Gasteiger partial charge in [0.2, 0.25) is 0 Å². The number of aliphatic hydroxyl groups is 1. The van der Waals surface area contributed by atoms with E-state index < -0.39 is 0 Å². The fraction of sp³-hybridized carbons (Fsp3) is 0.526. The highest BCUT2D eigenvalue weighted by molar-refractivity contribution is 5.93. The van der Waals surface area contributed by atoms with E-state index in [9.17, 15) is 4.79 Å². The number of rotatable bonds is 10. The third-order valence-electron chi connectivity index (χ3n) is 4.15. The van der Waals surface area contributed by atoms with Crippen molar-refractivity contribution < 1.29 is 9.90 Å². The van der Waals surface area contributed by atoms with Crippen molar-refractivity contribution in [3.8, 4) is 0 Å². The van der Waals surface area contributed by atoms with Crippen molar-refractivity contribution >= 4 is 5.91 Å². The Hall–Kier alpha value is -1.85. The molecule has 0 unspecified atom stereocenters. The molecule has 24 heavy (non-hydrogen) atoms. The second kappa shape index (κ2) is 10.1. The van der Waals surface area contributed by atoms with Gasteiger partial charge in [-0.15, -0.1) is 0 Å². The van der Waals surface area contributed by atoms with Crippen molar-refractivity contribution in [1.29, 1.82) is 0 Å². The van der Waals surface area contributed by atoms with Crippen molar-refractivity contribution in [3.63, 3.8) is 0 Å². The Morgan fingerprint density at radius 2 is 2.25 bits per heavy atom. The highest BCUT2D eigenvalue weighted by Gasteiger charge is 2.20. The Morgan fingerprint density at radius 3 is 2.79 bits per heavy atom. The van der Waals surface area contributed by atoms with Crippen molar-refractivity contribution in [1.82, 2.24) is 15.1 Å². The van der Waals surface area contributed by atoms with Gasteiger partial charge in [-0.05, 0) is 38.1 Å². The van der Waals surface area contributed by atoms with Gasteiger partial charge in [-0.25, -0.2) is 0 Å². The molecule has 134 valence electrons. The fourth-order valence-corrected chi connectivity index (χ4v) is 2.63. The molecule has 0 bridgehead atoms. The molecule has 0 saturated carbocycles. The summed E-state index contributed by atoms with van der Waals surface area (Å²) in [6.07, 6.45) is 5.83. The molecule has 5 heteroatoms. The zero-order valence-corrected chi connectivity index (χ0v) is 15.2. The molecule has 1 rings (SSSR count). The summed E-state index contributed by atoms with van der Waals surface area (Å²) in [6.45, 7) is 17.6. The van der Waals surface area contributed by atoms with Crippen LogP contribution in [0.5, 0.6) is 0 Å². The minimum absolute atomic E-state index is 0.194. The lowest BCUT2D eigenvalue weighted by Gasteiger charge is -2.25. The van der Waals surface area contributed by atoms with E-state index in [0.29, 0.717) is 19.1 Å². The van der Waals surface area contributed by atoms with Crippen LogP contribution >= 0.6 is 0 Å². The minimum Gasteiger partial charge on any atom is -0.391 e. The largest absolute Gasteiger partial charge is 0.391 e. The van der Waals surface area contributed by atoms with Gasteiger partial charge in [-0.2, -0.15) is 0 Å². The van der Waals surface area contributed by atoms with Gasteiger partial charge >= 0.3 is 0 Å². The van der Waals surface area contributed by atoms with E-state index in [1.807, 2.05) is 12.2 Å². The van der Waals surface area contributed by atoms with Gasteiger partial charge in [-0.1, -0.05) is 26.2 Å². The van der Waals surface area contributed by atoms with E-state index >= 15 is 0 Å². The van der Waals surface area contributed by atoms with Gasteiger partial charge in [0.05, 0.1) is 6.61 Å². The van der Waals surface area contributed by atoms with Crippen LogP contribution in [-0.4, -0.2) is 66.2 Å². The van der Waals surface area contributed by atoms with E-state index in [1.54, 1.807) is 11.0 Å². The third-order valence-corrected chi connectivity index (χ3v) is 4.15. The first-order valence-electron chi connectivity index (χ1n) is 8.51. The van der Waals surface area contributed by atoms with Gasteiger partial charge in [-0.3, -0.25) is 9.69 Å². The Bertz CT molecular complexity index is 521. The van der Waals surface area contributed by atoms with E-state index in [-0.39, 0.29) is 18.1 Å². The molecular formula is C19H31N3O2. The van der Waals surface area contributed by atoms with Gasteiger partial charge in [0, 0.05) is 43.5 Å². The summed E-state index contributed by atoms with van der Waals surface area (Å²) in [5.74, 6) is -0.194. The second-order valence-electron chi connectivity index (χ2n) is 6.18. The SMILES string of the molecule is C=C/C(=C\C1=CCN(C(=O)C(=C)CO)C1)NCCN(CC)C(C)C. The van der Waals surface area contributed by atoms with E-state index in [4.69, 9.17) is 5.11 Å². The zero-order valence-electron chi connectivity index (χ0n) is 15.2.